The summed E-state index contributed by atoms with van der Waals surface area (Å²) in [6.07, 6.45) is 1.68. The van der Waals surface area contributed by atoms with Crippen molar-refractivity contribution in [2.24, 2.45) is 0 Å². The van der Waals surface area contributed by atoms with Gasteiger partial charge in [-0.2, -0.15) is 10.5 Å². The Hall–Kier alpha value is -6.12. The summed E-state index contributed by atoms with van der Waals surface area (Å²) in [7, 11) is 0. The molecule has 50 heavy (non-hydrogen) atoms. The largest absolute Gasteiger partial charge is 0.378 e. The van der Waals surface area contributed by atoms with Crippen molar-refractivity contribution in [3.63, 3.8) is 0 Å². The Bertz CT molecular complexity index is 2110. The normalized spacial score (nSPS) is 16.9. The molecule has 0 aliphatic carbocycles. The van der Waals surface area contributed by atoms with Crippen LogP contribution in [0.15, 0.2) is 108 Å². The molecule has 0 spiro atoms. The second-order valence-electron chi connectivity index (χ2n) is 14.0. The van der Waals surface area contributed by atoms with Gasteiger partial charge in [-0.25, -0.2) is 0 Å². The summed E-state index contributed by atoms with van der Waals surface area (Å²) in [5.74, 6) is -0.796. The molecule has 2 aliphatic rings. The topological polar surface area (TPSA) is 130 Å². The molecule has 0 fully saturated rings. The fraction of sp³-hybridized carbons (Fsp3) is 0.238. The van der Waals surface area contributed by atoms with Gasteiger partial charge in [0.05, 0.1) is 11.4 Å². The van der Waals surface area contributed by atoms with E-state index in [0.717, 1.165) is 46.2 Å². The van der Waals surface area contributed by atoms with Gasteiger partial charge in [0.25, 0.3) is 11.8 Å². The predicted molar refractivity (Wildman–Crippen MR) is 199 cm³/mol. The standard InChI is InChI=1S/2C21H21N3O/c1-14-8-4-7-11-18(14)23-20(25)17(13-22)19-16-10-6-5-9-15(16)12-21(2,3)24-19;1-14-7-6-9-16(11-14)23-20(25)18(13-22)19-17-10-5-4-8-15(17)12-21(2,3)24-19/h2*4-11,24H,12H2,1-3H3,(H,23,25)/b19-17+;19-18+. The zero-order valence-corrected chi connectivity index (χ0v) is 29.4. The zero-order chi connectivity index (χ0) is 36.1. The number of hydrogen-bond donors (Lipinski definition) is 4. The van der Waals surface area contributed by atoms with Gasteiger partial charge < -0.3 is 21.3 Å². The SMILES string of the molecule is Cc1cccc(NC(=O)/C(C#N)=C2/NC(C)(C)Cc3ccccc32)c1.Cc1ccccc1NC(=O)/C(C#N)=C1/NC(C)(C)Cc2ccccc21. The van der Waals surface area contributed by atoms with Gasteiger partial charge in [-0.3, -0.25) is 9.59 Å². The van der Waals surface area contributed by atoms with Crippen molar-refractivity contribution in [2.75, 3.05) is 10.6 Å². The molecule has 8 heteroatoms. The molecule has 252 valence electrons. The van der Waals surface area contributed by atoms with E-state index in [9.17, 15) is 20.1 Å². The smallest absolute Gasteiger partial charge is 0.268 e. The van der Waals surface area contributed by atoms with Crippen molar-refractivity contribution in [1.82, 2.24) is 10.6 Å². The quantitative estimate of drug-likeness (QED) is 0.132. The highest BCUT2D eigenvalue weighted by molar-refractivity contribution is 6.13. The minimum Gasteiger partial charge on any atom is -0.378 e. The number of fused-ring (bicyclic) bond motifs is 2. The average Bonchev–Trinajstić information content (AvgIpc) is 3.06. The van der Waals surface area contributed by atoms with Gasteiger partial charge in [0.2, 0.25) is 0 Å². The van der Waals surface area contributed by atoms with Crippen LogP contribution in [0.1, 0.15) is 61.1 Å². The maximum absolute atomic E-state index is 12.8. The van der Waals surface area contributed by atoms with Gasteiger partial charge in [0.15, 0.2) is 0 Å². The molecule has 0 saturated heterocycles. The number of nitriles is 2. The summed E-state index contributed by atoms with van der Waals surface area (Å²) >= 11 is 0. The highest BCUT2D eigenvalue weighted by atomic mass is 16.2. The Labute approximate surface area is 294 Å². The highest BCUT2D eigenvalue weighted by Crippen LogP contribution is 2.33. The summed E-state index contributed by atoms with van der Waals surface area (Å²) in [6.45, 7) is 12.1. The van der Waals surface area contributed by atoms with E-state index >= 15 is 0 Å². The summed E-state index contributed by atoms with van der Waals surface area (Å²) in [5, 5.41) is 31.8. The third kappa shape index (κ3) is 8.11. The number of rotatable bonds is 4. The first-order valence-electron chi connectivity index (χ1n) is 16.6. The van der Waals surface area contributed by atoms with Crippen molar-refractivity contribution >= 4 is 34.6 Å². The van der Waals surface area contributed by atoms with Gasteiger partial charge in [0.1, 0.15) is 23.3 Å². The minimum atomic E-state index is -0.400. The fourth-order valence-corrected chi connectivity index (χ4v) is 6.34. The van der Waals surface area contributed by atoms with Gasteiger partial charge in [-0.1, -0.05) is 78.9 Å². The molecule has 4 N–H and O–H groups in total. The van der Waals surface area contributed by atoms with E-state index in [0.29, 0.717) is 22.8 Å². The predicted octanol–water partition coefficient (Wildman–Crippen LogP) is 7.59. The van der Waals surface area contributed by atoms with E-state index in [4.69, 9.17) is 0 Å². The van der Waals surface area contributed by atoms with Crippen LogP contribution in [0.5, 0.6) is 0 Å². The van der Waals surface area contributed by atoms with Crippen LogP contribution in [0.25, 0.3) is 11.4 Å². The number of carbonyl (C=O) groups excluding carboxylic acids is 2. The number of hydrogen-bond acceptors (Lipinski definition) is 6. The van der Waals surface area contributed by atoms with Crippen LogP contribution in [0.3, 0.4) is 0 Å². The summed E-state index contributed by atoms with van der Waals surface area (Å²) in [5.41, 5.74) is 8.44. The van der Waals surface area contributed by atoms with Crippen molar-refractivity contribution in [1.29, 1.82) is 10.5 Å². The first-order valence-corrected chi connectivity index (χ1v) is 16.6. The monoisotopic (exact) mass is 662 g/mol. The van der Waals surface area contributed by atoms with Crippen LogP contribution in [0.2, 0.25) is 0 Å². The second-order valence-corrected chi connectivity index (χ2v) is 14.0. The molecule has 0 bridgehead atoms. The Morgan fingerprint density at radius 1 is 0.640 bits per heavy atom. The number of para-hydroxylation sites is 1. The maximum Gasteiger partial charge on any atom is 0.268 e. The van der Waals surface area contributed by atoms with Gasteiger partial charge in [-0.05, 0) is 94.8 Å². The molecular weight excluding hydrogens is 621 g/mol. The lowest BCUT2D eigenvalue weighted by molar-refractivity contribution is -0.113. The van der Waals surface area contributed by atoms with Crippen LogP contribution >= 0.6 is 0 Å². The molecule has 4 aromatic carbocycles. The average molecular weight is 663 g/mol. The third-order valence-corrected chi connectivity index (χ3v) is 8.61. The zero-order valence-electron chi connectivity index (χ0n) is 29.4. The van der Waals surface area contributed by atoms with E-state index in [1.165, 1.54) is 0 Å². The molecule has 2 aliphatic heterocycles. The fourth-order valence-electron chi connectivity index (χ4n) is 6.34. The first-order chi connectivity index (χ1) is 23.8. The van der Waals surface area contributed by atoms with Crippen LogP contribution in [-0.2, 0) is 22.4 Å². The van der Waals surface area contributed by atoms with Crippen molar-refractivity contribution in [2.45, 2.75) is 65.5 Å². The molecule has 0 unspecified atom stereocenters. The number of amides is 2. The molecular formula is C42H42N6O2. The maximum atomic E-state index is 12.8. The summed E-state index contributed by atoms with van der Waals surface area (Å²) in [4.78, 5) is 25.5. The van der Waals surface area contributed by atoms with E-state index in [1.807, 2.05) is 111 Å². The number of nitrogens with zero attached hydrogens (tertiary/aromatic N) is 2. The Balaban J connectivity index is 0.000000194. The minimum absolute atomic E-state index is 0.0988. The van der Waals surface area contributed by atoms with E-state index in [-0.39, 0.29) is 22.2 Å². The van der Waals surface area contributed by atoms with E-state index < -0.39 is 11.8 Å². The first kappa shape index (κ1) is 35.2. The molecule has 8 nitrogen and oxygen atoms in total. The molecule has 0 saturated carbocycles. The summed E-state index contributed by atoms with van der Waals surface area (Å²) in [6, 6.07) is 35.0. The van der Waals surface area contributed by atoms with Crippen molar-refractivity contribution in [3.8, 4) is 12.1 Å². The number of benzene rings is 4. The molecule has 0 atom stereocenters. The molecule has 6 rings (SSSR count). The molecule has 0 radical (unpaired) electrons. The van der Waals surface area contributed by atoms with Crippen LogP contribution in [-0.4, -0.2) is 22.9 Å². The second kappa shape index (κ2) is 14.6. The number of carbonyl (C=O) groups is 2. The third-order valence-electron chi connectivity index (χ3n) is 8.61. The molecule has 2 amide bonds. The Morgan fingerprint density at radius 2 is 1.12 bits per heavy atom. The van der Waals surface area contributed by atoms with Gasteiger partial charge in [-0.15, -0.1) is 0 Å². The Kier molecular flexibility index (Phi) is 10.2. The van der Waals surface area contributed by atoms with Crippen LogP contribution in [0, 0.1) is 36.5 Å². The molecule has 2 heterocycles. The van der Waals surface area contributed by atoms with Crippen LogP contribution in [0.4, 0.5) is 11.4 Å². The summed E-state index contributed by atoms with van der Waals surface area (Å²) < 4.78 is 0. The lowest BCUT2D eigenvalue weighted by atomic mass is 9.84. The van der Waals surface area contributed by atoms with E-state index in [2.05, 4.69) is 61.1 Å². The number of aryl methyl sites for hydroxylation is 2. The highest BCUT2D eigenvalue weighted by Gasteiger charge is 2.32. The number of nitrogens with one attached hydrogen (secondary N) is 4. The van der Waals surface area contributed by atoms with E-state index in [1.54, 1.807) is 0 Å². The van der Waals surface area contributed by atoms with Crippen molar-refractivity contribution in [3.05, 3.63) is 142 Å². The lowest BCUT2D eigenvalue weighted by Gasteiger charge is -2.36. The lowest BCUT2D eigenvalue weighted by Crippen LogP contribution is -2.44. The van der Waals surface area contributed by atoms with Crippen molar-refractivity contribution < 1.29 is 9.59 Å². The van der Waals surface area contributed by atoms with Gasteiger partial charge in [0, 0.05) is 33.6 Å². The number of anilines is 2. The molecule has 4 aromatic rings. The van der Waals surface area contributed by atoms with Gasteiger partial charge >= 0.3 is 0 Å². The Morgan fingerprint density at radius 3 is 1.62 bits per heavy atom. The molecule has 0 aromatic heterocycles. The van der Waals surface area contributed by atoms with Crippen LogP contribution < -0.4 is 21.3 Å².